The van der Waals surface area contributed by atoms with Gasteiger partial charge in [0.2, 0.25) is 5.91 Å². The van der Waals surface area contributed by atoms with E-state index in [0.29, 0.717) is 12.3 Å². The molecule has 0 atom stereocenters. The molecule has 0 bridgehead atoms. The SMILES string of the molecule is CC(C)CC(=O)N1CCN(c2cc(N3CCOCC3)cnn2)CC1. The van der Waals surface area contributed by atoms with Gasteiger partial charge in [-0.2, -0.15) is 5.10 Å². The molecule has 2 aliphatic rings. The van der Waals surface area contributed by atoms with E-state index >= 15 is 0 Å². The second-order valence-corrected chi connectivity index (χ2v) is 6.84. The van der Waals surface area contributed by atoms with Crippen molar-refractivity contribution in [3.63, 3.8) is 0 Å². The Bertz CT molecular complexity index is 552. The van der Waals surface area contributed by atoms with Crippen molar-refractivity contribution in [3.8, 4) is 0 Å². The molecule has 0 spiro atoms. The molecule has 2 aliphatic heterocycles. The van der Waals surface area contributed by atoms with Gasteiger partial charge in [0.15, 0.2) is 5.82 Å². The largest absolute Gasteiger partial charge is 0.378 e. The minimum atomic E-state index is 0.262. The maximum atomic E-state index is 12.2. The highest BCUT2D eigenvalue weighted by molar-refractivity contribution is 5.76. The zero-order chi connectivity index (χ0) is 16.9. The summed E-state index contributed by atoms with van der Waals surface area (Å²) in [6.07, 6.45) is 2.45. The first-order chi connectivity index (χ1) is 11.6. The monoisotopic (exact) mass is 333 g/mol. The maximum absolute atomic E-state index is 12.2. The van der Waals surface area contributed by atoms with Crippen LogP contribution in [0.1, 0.15) is 20.3 Å². The van der Waals surface area contributed by atoms with Crippen LogP contribution >= 0.6 is 0 Å². The molecule has 24 heavy (non-hydrogen) atoms. The van der Waals surface area contributed by atoms with Gasteiger partial charge in [-0.15, -0.1) is 5.10 Å². The van der Waals surface area contributed by atoms with Crippen molar-refractivity contribution in [2.45, 2.75) is 20.3 Å². The van der Waals surface area contributed by atoms with Crippen molar-refractivity contribution in [1.29, 1.82) is 0 Å². The molecule has 2 saturated heterocycles. The summed E-state index contributed by atoms with van der Waals surface area (Å²) < 4.78 is 5.40. The third kappa shape index (κ3) is 4.14. The van der Waals surface area contributed by atoms with Gasteiger partial charge < -0.3 is 19.4 Å². The predicted octanol–water partition coefficient (Wildman–Crippen LogP) is 1.01. The summed E-state index contributed by atoms with van der Waals surface area (Å²) in [4.78, 5) is 18.6. The molecular weight excluding hydrogens is 306 g/mol. The summed E-state index contributed by atoms with van der Waals surface area (Å²) in [6, 6.07) is 2.10. The van der Waals surface area contributed by atoms with E-state index in [0.717, 1.165) is 64.0 Å². The summed E-state index contributed by atoms with van der Waals surface area (Å²) >= 11 is 0. The number of nitrogens with zero attached hydrogens (tertiary/aromatic N) is 5. The standard InChI is InChI=1S/C17H27N5O2/c1-14(2)11-17(23)22-5-3-21(4-6-22)16-12-15(13-18-19-16)20-7-9-24-10-8-20/h12-14H,3-11H2,1-2H3. The molecule has 1 amide bonds. The van der Waals surface area contributed by atoms with Crippen LogP contribution < -0.4 is 9.80 Å². The van der Waals surface area contributed by atoms with Gasteiger partial charge in [0, 0.05) is 51.8 Å². The molecule has 0 aromatic carbocycles. The summed E-state index contributed by atoms with van der Waals surface area (Å²) in [5.41, 5.74) is 1.10. The van der Waals surface area contributed by atoms with Crippen molar-refractivity contribution >= 4 is 17.4 Å². The normalized spacial score (nSPS) is 19.0. The molecule has 132 valence electrons. The first-order valence-corrected chi connectivity index (χ1v) is 8.81. The van der Waals surface area contributed by atoms with Crippen LogP contribution in [-0.2, 0) is 9.53 Å². The zero-order valence-corrected chi connectivity index (χ0v) is 14.6. The Morgan fingerprint density at radius 2 is 1.83 bits per heavy atom. The van der Waals surface area contributed by atoms with Crippen LogP contribution in [-0.4, -0.2) is 73.5 Å². The molecule has 2 fully saturated rings. The Morgan fingerprint density at radius 1 is 1.12 bits per heavy atom. The maximum Gasteiger partial charge on any atom is 0.222 e. The van der Waals surface area contributed by atoms with E-state index in [1.807, 2.05) is 11.1 Å². The molecule has 1 aromatic rings. The molecule has 0 N–H and O–H groups in total. The summed E-state index contributed by atoms with van der Waals surface area (Å²) in [7, 11) is 0. The second-order valence-electron chi connectivity index (χ2n) is 6.84. The van der Waals surface area contributed by atoms with Crippen LogP contribution in [0.3, 0.4) is 0 Å². The highest BCUT2D eigenvalue weighted by atomic mass is 16.5. The Balaban J connectivity index is 1.59. The number of hydrogen-bond donors (Lipinski definition) is 0. The quantitative estimate of drug-likeness (QED) is 0.819. The van der Waals surface area contributed by atoms with Gasteiger partial charge in [-0.25, -0.2) is 0 Å². The minimum absolute atomic E-state index is 0.262. The van der Waals surface area contributed by atoms with Gasteiger partial charge in [-0.3, -0.25) is 4.79 Å². The molecule has 7 heteroatoms. The summed E-state index contributed by atoms with van der Waals surface area (Å²) in [5, 5.41) is 8.46. The number of hydrogen-bond acceptors (Lipinski definition) is 6. The van der Waals surface area contributed by atoms with E-state index < -0.39 is 0 Å². The smallest absolute Gasteiger partial charge is 0.222 e. The van der Waals surface area contributed by atoms with Crippen LogP contribution in [0.25, 0.3) is 0 Å². The fourth-order valence-electron chi connectivity index (χ4n) is 3.16. The molecule has 0 unspecified atom stereocenters. The van der Waals surface area contributed by atoms with Crippen LogP contribution in [0.5, 0.6) is 0 Å². The van der Waals surface area contributed by atoms with Crippen molar-refractivity contribution in [1.82, 2.24) is 15.1 Å². The van der Waals surface area contributed by atoms with Gasteiger partial charge in [0.25, 0.3) is 0 Å². The highest BCUT2D eigenvalue weighted by Gasteiger charge is 2.23. The first-order valence-electron chi connectivity index (χ1n) is 8.81. The molecule has 0 radical (unpaired) electrons. The predicted molar refractivity (Wildman–Crippen MR) is 93.3 cm³/mol. The lowest BCUT2D eigenvalue weighted by molar-refractivity contribution is -0.132. The van der Waals surface area contributed by atoms with Gasteiger partial charge in [-0.05, 0) is 5.92 Å². The number of morpholine rings is 1. The number of aromatic nitrogens is 2. The van der Waals surface area contributed by atoms with Crippen LogP contribution in [0.15, 0.2) is 12.3 Å². The molecule has 1 aromatic heterocycles. The zero-order valence-electron chi connectivity index (χ0n) is 14.6. The van der Waals surface area contributed by atoms with Crippen molar-refractivity contribution in [3.05, 3.63) is 12.3 Å². The summed E-state index contributed by atoms with van der Waals surface area (Å²) in [5.74, 6) is 1.57. The van der Waals surface area contributed by atoms with Crippen LogP contribution in [0.2, 0.25) is 0 Å². The Labute approximate surface area is 143 Å². The lowest BCUT2D eigenvalue weighted by atomic mass is 10.1. The van der Waals surface area contributed by atoms with Crippen molar-refractivity contribution in [2.75, 3.05) is 62.3 Å². The number of carbonyl (C=O) groups excluding carboxylic acids is 1. The molecule has 3 heterocycles. The number of anilines is 2. The lowest BCUT2D eigenvalue weighted by Crippen LogP contribution is -2.49. The lowest BCUT2D eigenvalue weighted by Gasteiger charge is -2.36. The summed E-state index contributed by atoms with van der Waals surface area (Å²) in [6.45, 7) is 10.6. The molecule has 0 aliphatic carbocycles. The fraction of sp³-hybridized carbons (Fsp3) is 0.706. The third-order valence-electron chi connectivity index (χ3n) is 4.54. The minimum Gasteiger partial charge on any atom is -0.378 e. The third-order valence-corrected chi connectivity index (χ3v) is 4.54. The molecular formula is C17H27N5O2. The van der Waals surface area contributed by atoms with E-state index in [-0.39, 0.29) is 5.91 Å². The highest BCUT2D eigenvalue weighted by Crippen LogP contribution is 2.21. The average Bonchev–Trinajstić information content (AvgIpc) is 2.62. The van der Waals surface area contributed by atoms with Gasteiger partial charge >= 0.3 is 0 Å². The van der Waals surface area contributed by atoms with E-state index in [1.54, 1.807) is 0 Å². The number of ether oxygens (including phenoxy) is 1. The van der Waals surface area contributed by atoms with Gasteiger partial charge in [0.05, 0.1) is 25.1 Å². The molecule has 7 nitrogen and oxygen atoms in total. The Hall–Kier alpha value is -1.89. The Morgan fingerprint density at radius 3 is 2.50 bits per heavy atom. The van der Waals surface area contributed by atoms with E-state index in [1.165, 1.54) is 0 Å². The second kappa shape index (κ2) is 7.79. The van der Waals surface area contributed by atoms with Crippen LogP contribution in [0.4, 0.5) is 11.5 Å². The van der Waals surface area contributed by atoms with Crippen LogP contribution in [0, 0.1) is 5.92 Å². The van der Waals surface area contributed by atoms with Gasteiger partial charge in [-0.1, -0.05) is 13.8 Å². The first kappa shape index (κ1) is 17.0. The van der Waals surface area contributed by atoms with Crippen molar-refractivity contribution in [2.24, 2.45) is 5.92 Å². The van der Waals surface area contributed by atoms with Gasteiger partial charge in [0.1, 0.15) is 0 Å². The van der Waals surface area contributed by atoms with E-state index in [9.17, 15) is 4.79 Å². The Kier molecular flexibility index (Phi) is 5.50. The fourth-order valence-corrected chi connectivity index (χ4v) is 3.16. The number of carbonyl (C=O) groups is 1. The number of amides is 1. The van der Waals surface area contributed by atoms with E-state index in [4.69, 9.17) is 4.74 Å². The molecule has 0 saturated carbocycles. The number of rotatable bonds is 4. The molecule has 3 rings (SSSR count). The van der Waals surface area contributed by atoms with Crippen molar-refractivity contribution < 1.29 is 9.53 Å². The average molecular weight is 333 g/mol. The van der Waals surface area contributed by atoms with E-state index in [2.05, 4.69) is 39.9 Å². The number of piperazine rings is 1. The topological polar surface area (TPSA) is 61.8 Å².